The quantitative estimate of drug-likeness (QED) is 0.553. The van der Waals surface area contributed by atoms with Crippen LogP contribution in [0.4, 0.5) is 0 Å². The third kappa shape index (κ3) is 4.87. The Kier molecular flexibility index (Phi) is 6.49. The van der Waals surface area contributed by atoms with Crippen molar-refractivity contribution >= 4 is 21.9 Å². The minimum absolute atomic E-state index is 0.245. The summed E-state index contributed by atoms with van der Waals surface area (Å²) < 4.78 is 12.1. The van der Waals surface area contributed by atoms with Crippen LogP contribution >= 0.6 is 15.9 Å². The summed E-state index contributed by atoms with van der Waals surface area (Å²) >= 11 is 3.53. The van der Waals surface area contributed by atoms with E-state index in [2.05, 4.69) is 22.9 Å². The van der Waals surface area contributed by atoms with Gasteiger partial charge in [-0.3, -0.25) is 0 Å². The van der Waals surface area contributed by atoms with Gasteiger partial charge < -0.3 is 9.47 Å². The van der Waals surface area contributed by atoms with Gasteiger partial charge in [0.05, 0.1) is 12.7 Å². The number of allylic oxidation sites excluding steroid dienone is 1. The van der Waals surface area contributed by atoms with E-state index in [1.54, 1.807) is 6.08 Å². The van der Waals surface area contributed by atoms with Crippen LogP contribution in [-0.2, 0) is 9.53 Å². The SMILES string of the molecule is CCOC(=O)/C=C/C1CCC(Oc2cccc(Br)c2C)CC1. The molecule has 1 aliphatic carbocycles. The van der Waals surface area contributed by atoms with E-state index in [1.165, 1.54) is 0 Å². The third-order valence-corrected chi connectivity index (χ3v) is 4.88. The normalized spacial score (nSPS) is 21.8. The lowest BCUT2D eigenvalue weighted by atomic mass is 9.87. The third-order valence-electron chi connectivity index (χ3n) is 4.02. The second kappa shape index (κ2) is 8.37. The largest absolute Gasteiger partial charge is 0.490 e. The monoisotopic (exact) mass is 366 g/mol. The van der Waals surface area contributed by atoms with Crippen LogP contribution in [-0.4, -0.2) is 18.7 Å². The highest BCUT2D eigenvalue weighted by molar-refractivity contribution is 9.10. The molecule has 0 unspecified atom stereocenters. The Hall–Kier alpha value is -1.29. The van der Waals surface area contributed by atoms with E-state index < -0.39 is 0 Å². The highest BCUT2D eigenvalue weighted by atomic mass is 79.9. The van der Waals surface area contributed by atoms with E-state index in [9.17, 15) is 4.79 Å². The molecule has 1 aromatic carbocycles. The van der Waals surface area contributed by atoms with Crippen LogP contribution in [0.2, 0.25) is 0 Å². The van der Waals surface area contributed by atoms with Gasteiger partial charge in [-0.1, -0.05) is 28.1 Å². The molecule has 0 spiro atoms. The molecule has 0 bridgehead atoms. The van der Waals surface area contributed by atoms with Gasteiger partial charge in [-0.2, -0.15) is 0 Å². The number of esters is 1. The van der Waals surface area contributed by atoms with Gasteiger partial charge in [0.15, 0.2) is 0 Å². The summed E-state index contributed by atoms with van der Waals surface area (Å²) in [7, 11) is 0. The summed E-state index contributed by atoms with van der Waals surface area (Å²) in [5.74, 6) is 1.17. The first-order valence-corrected chi connectivity index (χ1v) is 8.66. The number of carbonyl (C=O) groups is 1. The summed E-state index contributed by atoms with van der Waals surface area (Å²) in [6, 6.07) is 6.05. The van der Waals surface area contributed by atoms with E-state index in [0.717, 1.165) is 41.5 Å². The summed E-state index contributed by atoms with van der Waals surface area (Å²) in [4.78, 5) is 11.3. The van der Waals surface area contributed by atoms with Gasteiger partial charge in [0.2, 0.25) is 0 Å². The zero-order chi connectivity index (χ0) is 15.9. The van der Waals surface area contributed by atoms with Crippen molar-refractivity contribution in [3.63, 3.8) is 0 Å². The van der Waals surface area contributed by atoms with Crippen molar-refractivity contribution < 1.29 is 14.3 Å². The standard InChI is InChI=1S/C18H23BrO3/c1-3-21-18(20)12-9-14-7-10-15(11-8-14)22-17-6-4-5-16(19)13(17)2/h4-6,9,12,14-15H,3,7-8,10-11H2,1-2H3/b12-9+. The first-order valence-electron chi connectivity index (χ1n) is 7.87. The van der Waals surface area contributed by atoms with Crippen molar-refractivity contribution in [1.29, 1.82) is 0 Å². The molecule has 0 aromatic heterocycles. The molecule has 1 aromatic rings. The number of ether oxygens (including phenoxy) is 2. The Morgan fingerprint density at radius 2 is 2.05 bits per heavy atom. The molecule has 1 saturated carbocycles. The maximum absolute atomic E-state index is 11.3. The van der Waals surface area contributed by atoms with Crippen LogP contribution in [0.3, 0.4) is 0 Å². The van der Waals surface area contributed by atoms with Gasteiger partial charge >= 0.3 is 5.97 Å². The number of hydrogen-bond donors (Lipinski definition) is 0. The molecule has 0 amide bonds. The van der Waals surface area contributed by atoms with E-state index in [1.807, 2.05) is 31.2 Å². The smallest absolute Gasteiger partial charge is 0.330 e. The molecular weight excluding hydrogens is 344 g/mol. The van der Waals surface area contributed by atoms with Gasteiger partial charge in [0.1, 0.15) is 5.75 Å². The van der Waals surface area contributed by atoms with Crippen molar-refractivity contribution in [2.75, 3.05) is 6.61 Å². The van der Waals surface area contributed by atoms with Crippen molar-refractivity contribution in [2.45, 2.75) is 45.6 Å². The Balaban J connectivity index is 1.82. The predicted molar refractivity (Wildman–Crippen MR) is 91.0 cm³/mol. The van der Waals surface area contributed by atoms with Gasteiger partial charge in [-0.25, -0.2) is 4.79 Å². The predicted octanol–water partition coefficient (Wildman–Crippen LogP) is 4.81. The summed E-state index contributed by atoms with van der Waals surface area (Å²) in [5, 5.41) is 0. The van der Waals surface area contributed by atoms with Crippen molar-refractivity contribution in [1.82, 2.24) is 0 Å². The maximum Gasteiger partial charge on any atom is 0.330 e. The Labute approximate surface area is 140 Å². The zero-order valence-electron chi connectivity index (χ0n) is 13.2. The van der Waals surface area contributed by atoms with Crippen molar-refractivity contribution in [3.05, 3.63) is 40.4 Å². The second-order valence-corrected chi connectivity index (χ2v) is 6.48. The molecule has 22 heavy (non-hydrogen) atoms. The molecule has 2 rings (SSSR count). The number of rotatable bonds is 5. The van der Waals surface area contributed by atoms with E-state index in [0.29, 0.717) is 12.5 Å². The number of halogens is 1. The molecule has 4 heteroatoms. The van der Waals surface area contributed by atoms with Crippen LogP contribution in [0.5, 0.6) is 5.75 Å². The number of hydrogen-bond acceptors (Lipinski definition) is 3. The topological polar surface area (TPSA) is 35.5 Å². The first-order chi connectivity index (χ1) is 10.6. The minimum Gasteiger partial charge on any atom is -0.490 e. The molecule has 0 atom stereocenters. The van der Waals surface area contributed by atoms with Crippen LogP contribution in [0.25, 0.3) is 0 Å². The van der Waals surface area contributed by atoms with E-state index in [-0.39, 0.29) is 12.1 Å². The Morgan fingerprint density at radius 1 is 1.32 bits per heavy atom. The number of carbonyl (C=O) groups excluding carboxylic acids is 1. The number of benzene rings is 1. The molecule has 1 aliphatic rings. The van der Waals surface area contributed by atoms with Gasteiger partial charge in [-0.05, 0) is 57.6 Å². The molecule has 0 saturated heterocycles. The highest BCUT2D eigenvalue weighted by Gasteiger charge is 2.21. The van der Waals surface area contributed by atoms with Gasteiger partial charge in [0, 0.05) is 16.1 Å². The molecule has 3 nitrogen and oxygen atoms in total. The summed E-state index contributed by atoms with van der Waals surface area (Å²) in [5.41, 5.74) is 1.15. The maximum atomic E-state index is 11.3. The van der Waals surface area contributed by atoms with Crippen LogP contribution in [0.1, 0.15) is 38.2 Å². The van der Waals surface area contributed by atoms with E-state index in [4.69, 9.17) is 9.47 Å². The fourth-order valence-electron chi connectivity index (χ4n) is 2.70. The first kappa shape index (κ1) is 17.1. The highest BCUT2D eigenvalue weighted by Crippen LogP contribution is 2.31. The van der Waals surface area contributed by atoms with Gasteiger partial charge in [0.25, 0.3) is 0 Å². The van der Waals surface area contributed by atoms with Crippen LogP contribution < -0.4 is 4.74 Å². The summed E-state index contributed by atoms with van der Waals surface area (Å²) in [6.07, 6.45) is 7.95. The lowest BCUT2D eigenvalue weighted by molar-refractivity contribution is -0.137. The molecule has 120 valence electrons. The molecule has 0 N–H and O–H groups in total. The fourth-order valence-corrected chi connectivity index (χ4v) is 3.05. The summed E-state index contributed by atoms with van der Waals surface area (Å²) in [6.45, 7) is 4.31. The van der Waals surface area contributed by atoms with Crippen molar-refractivity contribution in [3.8, 4) is 5.75 Å². The molecule has 1 fully saturated rings. The average Bonchev–Trinajstić information content (AvgIpc) is 2.51. The average molecular weight is 367 g/mol. The van der Waals surface area contributed by atoms with Crippen molar-refractivity contribution in [2.24, 2.45) is 5.92 Å². The zero-order valence-corrected chi connectivity index (χ0v) is 14.8. The van der Waals surface area contributed by atoms with Crippen LogP contribution in [0, 0.1) is 12.8 Å². The molecule has 0 radical (unpaired) electrons. The lowest BCUT2D eigenvalue weighted by Gasteiger charge is -2.28. The van der Waals surface area contributed by atoms with Crippen LogP contribution in [0.15, 0.2) is 34.8 Å². The Morgan fingerprint density at radius 3 is 2.73 bits per heavy atom. The second-order valence-electron chi connectivity index (χ2n) is 5.63. The minimum atomic E-state index is -0.245. The van der Waals surface area contributed by atoms with E-state index >= 15 is 0 Å². The molecule has 0 heterocycles. The lowest BCUT2D eigenvalue weighted by Crippen LogP contribution is -2.23. The van der Waals surface area contributed by atoms with Gasteiger partial charge in [-0.15, -0.1) is 0 Å². The Bertz CT molecular complexity index is 531. The molecule has 0 aliphatic heterocycles. The molecular formula is C18H23BrO3. The fraction of sp³-hybridized carbons (Fsp3) is 0.500.